The number of ether oxygens (including phenoxy) is 1. The number of hydrogen-bond acceptors (Lipinski definition) is 2. The van der Waals surface area contributed by atoms with Crippen molar-refractivity contribution < 1.29 is 4.74 Å². The van der Waals surface area contributed by atoms with E-state index in [4.69, 9.17) is 4.74 Å². The van der Waals surface area contributed by atoms with E-state index in [1.165, 1.54) is 12.8 Å². The van der Waals surface area contributed by atoms with E-state index in [-0.39, 0.29) is 0 Å². The maximum atomic E-state index is 5.82. The van der Waals surface area contributed by atoms with Crippen molar-refractivity contribution in [2.24, 2.45) is 5.92 Å². The van der Waals surface area contributed by atoms with Crippen LogP contribution in [0.4, 0.5) is 5.69 Å². The highest BCUT2D eigenvalue weighted by Gasteiger charge is 1.99. The average Bonchev–Trinajstić information content (AvgIpc) is 2.45. The van der Waals surface area contributed by atoms with Crippen molar-refractivity contribution in [3.8, 4) is 11.5 Å². The molecular formula is C18H23NO. The van der Waals surface area contributed by atoms with E-state index in [1.54, 1.807) is 0 Å². The van der Waals surface area contributed by atoms with Gasteiger partial charge in [0.2, 0.25) is 0 Å². The largest absolute Gasteiger partial charge is 0.457 e. The third-order valence-electron chi connectivity index (χ3n) is 3.10. The van der Waals surface area contributed by atoms with Gasteiger partial charge in [0, 0.05) is 18.3 Å². The molecule has 0 aliphatic rings. The zero-order valence-corrected chi connectivity index (χ0v) is 12.3. The summed E-state index contributed by atoms with van der Waals surface area (Å²) in [5.74, 6) is 2.50. The number of para-hydroxylation sites is 1. The van der Waals surface area contributed by atoms with Gasteiger partial charge in [0.25, 0.3) is 0 Å². The number of anilines is 1. The Labute approximate surface area is 121 Å². The molecule has 0 bridgehead atoms. The molecule has 0 radical (unpaired) electrons. The molecule has 0 aliphatic heterocycles. The van der Waals surface area contributed by atoms with Gasteiger partial charge >= 0.3 is 0 Å². The molecule has 2 rings (SSSR count). The molecule has 0 saturated carbocycles. The number of hydrogen-bond donors (Lipinski definition) is 1. The van der Waals surface area contributed by atoms with Crippen LogP contribution in [0, 0.1) is 5.92 Å². The molecule has 0 aromatic heterocycles. The summed E-state index contributed by atoms with van der Waals surface area (Å²) < 4.78 is 5.82. The van der Waals surface area contributed by atoms with Gasteiger partial charge in [-0.25, -0.2) is 0 Å². The summed E-state index contributed by atoms with van der Waals surface area (Å²) in [5, 5.41) is 3.45. The fourth-order valence-corrected chi connectivity index (χ4v) is 2.04. The molecule has 0 fully saturated rings. The molecule has 0 amide bonds. The minimum Gasteiger partial charge on any atom is -0.457 e. The van der Waals surface area contributed by atoms with E-state index in [0.717, 1.165) is 29.6 Å². The third kappa shape index (κ3) is 4.96. The van der Waals surface area contributed by atoms with Crippen molar-refractivity contribution in [2.45, 2.75) is 26.7 Å². The lowest BCUT2D eigenvalue weighted by atomic mass is 10.1. The summed E-state index contributed by atoms with van der Waals surface area (Å²) in [7, 11) is 0. The maximum absolute atomic E-state index is 5.82. The Morgan fingerprint density at radius 1 is 0.950 bits per heavy atom. The van der Waals surface area contributed by atoms with Gasteiger partial charge < -0.3 is 10.1 Å². The smallest absolute Gasteiger partial charge is 0.129 e. The Morgan fingerprint density at radius 2 is 1.70 bits per heavy atom. The predicted octanol–water partition coefficient (Wildman–Crippen LogP) is 5.33. The molecule has 2 nitrogen and oxygen atoms in total. The van der Waals surface area contributed by atoms with E-state index in [9.17, 15) is 0 Å². The summed E-state index contributed by atoms with van der Waals surface area (Å²) in [5.41, 5.74) is 1.11. The second kappa shape index (κ2) is 7.59. The zero-order chi connectivity index (χ0) is 14.2. The molecule has 20 heavy (non-hydrogen) atoms. The predicted molar refractivity (Wildman–Crippen MR) is 85.5 cm³/mol. The van der Waals surface area contributed by atoms with E-state index in [0.29, 0.717) is 0 Å². The van der Waals surface area contributed by atoms with E-state index < -0.39 is 0 Å². The molecule has 0 unspecified atom stereocenters. The van der Waals surface area contributed by atoms with Gasteiger partial charge in [-0.2, -0.15) is 0 Å². The lowest BCUT2D eigenvalue weighted by Crippen LogP contribution is -2.02. The normalized spacial score (nSPS) is 10.6. The molecule has 1 N–H and O–H groups in total. The highest BCUT2D eigenvalue weighted by atomic mass is 16.5. The third-order valence-corrected chi connectivity index (χ3v) is 3.10. The van der Waals surface area contributed by atoms with Crippen molar-refractivity contribution in [1.29, 1.82) is 0 Å². The Balaban J connectivity index is 1.88. The quantitative estimate of drug-likeness (QED) is 0.686. The Hall–Kier alpha value is -1.96. The lowest BCUT2D eigenvalue weighted by Gasteiger charge is -2.10. The molecule has 2 aromatic rings. The van der Waals surface area contributed by atoms with E-state index >= 15 is 0 Å². The van der Waals surface area contributed by atoms with Gasteiger partial charge in [-0.3, -0.25) is 0 Å². The van der Waals surface area contributed by atoms with E-state index in [1.807, 2.05) is 48.5 Å². The molecule has 2 heteroatoms. The first-order chi connectivity index (χ1) is 9.74. The van der Waals surface area contributed by atoms with Crippen molar-refractivity contribution >= 4 is 5.69 Å². The lowest BCUT2D eigenvalue weighted by molar-refractivity contribution is 0.483. The van der Waals surface area contributed by atoms with Gasteiger partial charge in [-0.05, 0) is 43.0 Å². The molecule has 0 heterocycles. The van der Waals surface area contributed by atoms with Crippen LogP contribution < -0.4 is 10.1 Å². The summed E-state index contributed by atoms with van der Waals surface area (Å²) in [4.78, 5) is 0. The maximum Gasteiger partial charge on any atom is 0.129 e. The van der Waals surface area contributed by atoms with Crippen LogP contribution in [0.2, 0.25) is 0 Å². The number of nitrogens with one attached hydrogen (secondary N) is 1. The number of benzene rings is 2. The topological polar surface area (TPSA) is 21.3 Å². The van der Waals surface area contributed by atoms with Crippen molar-refractivity contribution in [2.75, 3.05) is 11.9 Å². The zero-order valence-electron chi connectivity index (χ0n) is 12.3. The van der Waals surface area contributed by atoms with Crippen LogP contribution in [0.1, 0.15) is 26.7 Å². The standard InChI is InChI=1S/C18H23NO/c1-15(2)8-7-13-19-16-9-6-12-18(14-16)20-17-10-4-3-5-11-17/h3-6,9-12,14-15,19H,7-8,13H2,1-2H3. The number of rotatable bonds is 7. The van der Waals surface area contributed by atoms with Crippen molar-refractivity contribution in [3.63, 3.8) is 0 Å². The second-order valence-corrected chi connectivity index (χ2v) is 5.41. The van der Waals surface area contributed by atoms with Gasteiger partial charge in [0.1, 0.15) is 11.5 Å². The minimum absolute atomic E-state index is 0.768. The summed E-state index contributed by atoms with van der Waals surface area (Å²) >= 11 is 0. The first-order valence-corrected chi connectivity index (χ1v) is 7.31. The van der Waals surface area contributed by atoms with Crippen LogP contribution >= 0.6 is 0 Å². The molecule has 106 valence electrons. The molecule has 0 saturated heterocycles. The average molecular weight is 269 g/mol. The monoisotopic (exact) mass is 269 g/mol. The van der Waals surface area contributed by atoms with Crippen LogP contribution in [0.3, 0.4) is 0 Å². The second-order valence-electron chi connectivity index (χ2n) is 5.41. The highest BCUT2D eigenvalue weighted by Crippen LogP contribution is 2.23. The van der Waals surface area contributed by atoms with Crippen LogP contribution in [0.25, 0.3) is 0 Å². The van der Waals surface area contributed by atoms with E-state index in [2.05, 4.69) is 25.2 Å². The van der Waals surface area contributed by atoms with Crippen LogP contribution in [-0.2, 0) is 0 Å². The molecule has 0 spiro atoms. The summed E-state index contributed by atoms with van der Waals surface area (Å²) in [6.07, 6.45) is 2.45. The molecular weight excluding hydrogens is 246 g/mol. The van der Waals surface area contributed by atoms with Crippen molar-refractivity contribution in [3.05, 3.63) is 54.6 Å². The fraction of sp³-hybridized carbons (Fsp3) is 0.333. The first kappa shape index (κ1) is 14.4. The SMILES string of the molecule is CC(C)CCCNc1cccc(Oc2ccccc2)c1. The fourth-order valence-electron chi connectivity index (χ4n) is 2.04. The summed E-state index contributed by atoms with van der Waals surface area (Å²) in [6, 6.07) is 18.0. The van der Waals surface area contributed by atoms with Gasteiger partial charge in [-0.15, -0.1) is 0 Å². The van der Waals surface area contributed by atoms with Gasteiger partial charge in [0.15, 0.2) is 0 Å². The van der Waals surface area contributed by atoms with Crippen LogP contribution in [0.15, 0.2) is 54.6 Å². The van der Waals surface area contributed by atoms with Crippen LogP contribution in [0.5, 0.6) is 11.5 Å². The summed E-state index contributed by atoms with van der Waals surface area (Å²) in [6.45, 7) is 5.52. The molecule has 0 atom stereocenters. The van der Waals surface area contributed by atoms with Gasteiger partial charge in [0.05, 0.1) is 0 Å². The van der Waals surface area contributed by atoms with Crippen LogP contribution in [-0.4, -0.2) is 6.54 Å². The molecule has 2 aromatic carbocycles. The van der Waals surface area contributed by atoms with Crippen molar-refractivity contribution in [1.82, 2.24) is 0 Å². The molecule has 0 aliphatic carbocycles. The first-order valence-electron chi connectivity index (χ1n) is 7.31. The van der Waals surface area contributed by atoms with Gasteiger partial charge in [-0.1, -0.05) is 38.1 Å². The minimum atomic E-state index is 0.768. The Morgan fingerprint density at radius 3 is 2.45 bits per heavy atom. The highest BCUT2D eigenvalue weighted by molar-refractivity contribution is 5.49. The Kier molecular flexibility index (Phi) is 5.48. The Bertz CT molecular complexity index is 508.